The largest absolute Gasteiger partial charge is 0.395 e. The highest BCUT2D eigenvalue weighted by molar-refractivity contribution is 9.10. The van der Waals surface area contributed by atoms with Crippen LogP contribution in [0, 0.1) is 0 Å². The van der Waals surface area contributed by atoms with Crippen molar-refractivity contribution >= 4 is 21.6 Å². The van der Waals surface area contributed by atoms with Gasteiger partial charge in [0.25, 0.3) is 0 Å². The fourth-order valence-corrected chi connectivity index (χ4v) is 2.31. The third kappa shape index (κ3) is 3.17. The van der Waals surface area contributed by atoms with Gasteiger partial charge >= 0.3 is 0 Å². The van der Waals surface area contributed by atoms with Crippen LogP contribution in [0.3, 0.4) is 0 Å². The van der Waals surface area contributed by atoms with Crippen LogP contribution in [-0.2, 0) is 17.8 Å². The lowest BCUT2D eigenvalue weighted by Gasteiger charge is -1.97. The van der Waals surface area contributed by atoms with E-state index in [1.807, 2.05) is 18.2 Å². The molecule has 1 aromatic heterocycles. The van der Waals surface area contributed by atoms with E-state index in [0.717, 1.165) is 22.2 Å². The Balaban J connectivity index is 1.67. The summed E-state index contributed by atoms with van der Waals surface area (Å²) < 4.78 is 1.05. The standard InChI is InChI=1S/C12H12BrN5O/c13-10-3-1-2-9(6-10)7-12-14-17-18(15-12)8-11-4-5-19-16-11/h1-3,6H,4-5,7-8H2. The Kier molecular flexibility index (Phi) is 3.54. The van der Waals surface area contributed by atoms with E-state index < -0.39 is 0 Å². The monoisotopic (exact) mass is 321 g/mol. The van der Waals surface area contributed by atoms with Crippen molar-refractivity contribution in [3.8, 4) is 0 Å². The van der Waals surface area contributed by atoms with Crippen molar-refractivity contribution in [2.75, 3.05) is 6.61 Å². The first kappa shape index (κ1) is 12.3. The molecule has 0 fully saturated rings. The highest BCUT2D eigenvalue weighted by Gasteiger charge is 2.11. The van der Waals surface area contributed by atoms with Gasteiger partial charge in [0.2, 0.25) is 0 Å². The maximum absolute atomic E-state index is 4.94. The molecule has 0 N–H and O–H groups in total. The average Bonchev–Trinajstić information content (AvgIpc) is 3.02. The molecule has 7 heteroatoms. The zero-order chi connectivity index (χ0) is 13.1. The normalized spacial score (nSPS) is 14.3. The molecule has 3 rings (SSSR count). The summed E-state index contributed by atoms with van der Waals surface area (Å²) in [4.78, 5) is 6.49. The highest BCUT2D eigenvalue weighted by atomic mass is 79.9. The first-order chi connectivity index (χ1) is 9.29. The SMILES string of the molecule is Brc1cccc(Cc2nnn(CC3=NOCC3)n2)c1. The van der Waals surface area contributed by atoms with Crippen LogP contribution in [0.5, 0.6) is 0 Å². The van der Waals surface area contributed by atoms with Crippen molar-refractivity contribution in [2.45, 2.75) is 19.4 Å². The zero-order valence-corrected chi connectivity index (χ0v) is 11.7. The van der Waals surface area contributed by atoms with Crippen molar-refractivity contribution in [2.24, 2.45) is 5.16 Å². The van der Waals surface area contributed by atoms with Crippen LogP contribution >= 0.6 is 15.9 Å². The minimum Gasteiger partial charge on any atom is -0.395 e. The smallest absolute Gasteiger partial charge is 0.179 e. The molecule has 0 radical (unpaired) electrons. The van der Waals surface area contributed by atoms with Crippen molar-refractivity contribution in [3.63, 3.8) is 0 Å². The number of aromatic nitrogens is 4. The molecule has 0 amide bonds. The van der Waals surface area contributed by atoms with Gasteiger partial charge in [-0.25, -0.2) is 0 Å². The Labute approximate surface area is 118 Å². The van der Waals surface area contributed by atoms with Gasteiger partial charge in [0, 0.05) is 17.3 Å². The Morgan fingerprint density at radius 3 is 3.11 bits per heavy atom. The Bertz CT molecular complexity index is 610. The molecule has 0 unspecified atom stereocenters. The van der Waals surface area contributed by atoms with Crippen molar-refractivity contribution in [1.29, 1.82) is 0 Å². The maximum atomic E-state index is 4.94. The minimum absolute atomic E-state index is 0.547. The average molecular weight is 322 g/mol. The van der Waals surface area contributed by atoms with Crippen molar-refractivity contribution in [3.05, 3.63) is 40.1 Å². The molecule has 0 spiro atoms. The van der Waals surface area contributed by atoms with E-state index in [1.165, 1.54) is 0 Å². The van der Waals surface area contributed by atoms with Crippen LogP contribution in [0.2, 0.25) is 0 Å². The number of nitrogens with zero attached hydrogens (tertiary/aromatic N) is 5. The van der Waals surface area contributed by atoms with Crippen molar-refractivity contribution < 1.29 is 4.84 Å². The summed E-state index contributed by atoms with van der Waals surface area (Å²) in [5, 5.41) is 16.3. The zero-order valence-electron chi connectivity index (χ0n) is 10.2. The highest BCUT2D eigenvalue weighted by Crippen LogP contribution is 2.13. The van der Waals surface area contributed by atoms with Crippen LogP contribution in [0.4, 0.5) is 0 Å². The molecule has 0 aliphatic carbocycles. The van der Waals surface area contributed by atoms with E-state index in [9.17, 15) is 0 Å². The predicted octanol–water partition coefficient (Wildman–Crippen LogP) is 1.80. The molecule has 98 valence electrons. The second kappa shape index (κ2) is 5.48. The van der Waals surface area contributed by atoms with E-state index in [0.29, 0.717) is 25.4 Å². The van der Waals surface area contributed by atoms with Crippen LogP contribution in [0.15, 0.2) is 33.9 Å². The molecule has 0 bridgehead atoms. The summed E-state index contributed by atoms with van der Waals surface area (Å²) in [7, 11) is 0. The number of halogens is 1. The van der Waals surface area contributed by atoms with Crippen LogP contribution in [0.1, 0.15) is 17.8 Å². The summed E-state index contributed by atoms with van der Waals surface area (Å²) in [5.41, 5.74) is 2.10. The van der Waals surface area contributed by atoms with Crippen LogP contribution < -0.4 is 0 Å². The van der Waals surface area contributed by atoms with E-state index in [2.05, 4.69) is 42.6 Å². The number of oxime groups is 1. The molecule has 1 aliphatic rings. The summed E-state index contributed by atoms with van der Waals surface area (Å²) in [6.45, 7) is 1.19. The quantitative estimate of drug-likeness (QED) is 0.861. The van der Waals surface area contributed by atoms with Gasteiger partial charge in [-0.05, 0) is 22.9 Å². The molecule has 2 aromatic rings. The summed E-state index contributed by atoms with van der Waals surface area (Å²) in [6, 6.07) is 8.08. The van der Waals surface area contributed by atoms with Crippen molar-refractivity contribution in [1.82, 2.24) is 20.2 Å². The van der Waals surface area contributed by atoms with Crippen LogP contribution in [0.25, 0.3) is 0 Å². The number of rotatable bonds is 4. The van der Waals surface area contributed by atoms with Crippen LogP contribution in [-0.4, -0.2) is 32.5 Å². The number of benzene rings is 1. The van der Waals surface area contributed by atoms with Gasteiger partial charge in [0.15, 0.2) is 5.82 Å². The van der Waals surface area contributed by atoms with Gasteiger partial charge in [-0.15, -0.1) is 10.2 Å². The Hall–Kier alpha value is -1.76. The first-order valence-corrected chi connectivity index (χ1v) is 6.78. The summed E-state index contributed by atoms with van der Waals surface area (Å²) in [6.07, 6.45) is 1.50. The van der Waals surface area contributed by atoms with Gasteiger partial charge in [0.1, 0.15) is 13.2 Å². The second-order valence-electron chi connectivity index (χ2n) is 4.28. The van der Waals surface area contributed by atoms with Gasteiger partial charge in [-0.2, -0.15) is 4.80 Å². The van der Waals surface area contributed by atoms with E-state index in [4.69, 9.17) is 4.84 Å². The second-order valence-corrected chi connectivity index (χ2v) is 5.20. The topological polar surface area (TPSA) is 65.2 Å². The summed E-state index contributed by atoms with van der Waals surface area (Å²) in [5.74, 6) is 0.706. The molecule has 2 heterocycles. The molecular formula is C12H12BrN5O. The van der Waals surface area contributed by atoms with E-state index >= 15 is 0 Å². The maximum Gasteiger partial charge on any atom is 0.179 e. The van der Waals surface area contributed by atoms with Gasteiger partial charge < -0.3 is 4.84 Å². The number of hydrogen-bond acceptors (Lipinski definition) is 5. The summed E-state index contributed by atoms with van der Waals surface area (Å²) >= 11 is 3.45. The Morgan fingerprint density at radius 2 is 2.32 bits per heavy atom. The molecule has 6 nitrogen and oxygen atoms in total. The molecule has 0 atom stereocenters. The third-order valence-corrected chi connectivity index (χ3v) is 3.24. The predicted molar refractivity (Wildman–Crippen MR) is 72.8 cm³/mol. The van der Waals surface area contributed by atoms with E-state index in [-0.39, 0.29) is 0 Å². The van der Waals surface area contributed by atoms with Gasteiger partial charge in [0.05, 0.1) is 5.71 Å². The first-order valence-electron chi connectivity index (χ1n) is 5.98. The fourth-order valence-electron chi connectivity index (χ4n) is 1.86. The molecule has 19 heavy (non-hydrogen) atoms. The lowest BCUT2D eigenvalue weighted by atomic mass is 10.1. The van der Waals surface area contributed by atoms with Gasteiger partial charge in [-0.3, -0.25) is 0 Å². The lowest BCUT2D eigenvalue weighted by molar-refractivity contribution is 0.173. The molecule has 1 aromatic carbocycles. The lowest BCUT2D eigenvalue weighted by Crippen LogP contribution is -2.11. The molecule has 1 aliphatic heterocycles. The van der Waals surface area contributed by atoms with Gasteiger partial charge in [-0.1, -0.05) is 33.2 Å². The molecule has 0 saturated heterocycles. The number of hydrogen-bond donors (Lipinski definition) is 0. The van der Waals surface area contributed by atoms with E-state index in [1.54, 1.807) is 4.80 Å². The fraction of sp³-hybridized carbons (Fsp3) is 0.333. The third-order valence-electron chi connectivity index (χ3n) is 2.75. The Morgan fingerprint density at radius 1 is 1.37 bits per heavy atom. The number of tetrazole rings is 1. The molecular weight excluding hydrogens is 310 g/mol. The molecule has 0 saturated carbocycles. The minimum atomic E-state index is 0.547.